The fourth-order valence-corrected chi connectivity index (χ4v) is 10.0. The number of piperidine rings is 2. The summed E-state index contributed by atoms with van der Waals surface area (Å²) in [5.41, 5.74) is 31.9. The van der Waals surface area contributed by atoms with Crippen molar-refractivity contribution in [2.24, 2.45) is 0 Å². The topological polar surface area (TPSA) is 266 Å². The van der Waals surface area contributed by atoms with E-state index in [2.05, 4.69) is 50.1 Å². The molecule has 0 aromatic carbocycles. The van der Waals surface area contributed by atoms with Gasteiger partial charge in [-0.25, -0.2) is 34.3 Å². The summed E-state index contributed by atoms with van der Waals surface area (Å²) in [6, 6.07) is 8.36. The lowest BCUT2D eigenvalue weighted by molar-refractivity contribution is 0.00578. The minimum Gasteiger partial charge on any atom is -0.444 e. The molecule has 0 saturated carbocycles. The monoisotopic (exact) mass is 1220 g/mol. The summed E-state index contributed by atoms with van der Waals surface area (Å²) in [5.74, 6) is 3.55. The van der Waals surface area contributed by atoms with Crippen molar-refractivity contribution in [2.75, 3.05) is 82.3 Å². The highest BCUT2D eigenvalue weighted by Crippen LogP contribution is 2.40. The second-order valence-electron chi connectivity index (χ2n) is 27.9. The van der Waals surface area contributed by atoms with Gasteiger partial charge in [0.05, 0.1) is 11.2 Å². The van der Waals surface area contributed by atoms with Crippen molar-refractivity contribution in [3.63, 3.8) is 0 Å². The molecule has 0 spiro atoms. The molecule has 9 rings (SSSR count). The standard InChI is InChI=1S/C16H28BNO4.C16H25N3O2.C16H23N3O2.C12H19N3.C7H10N2/c1-14(2,3)20-13(19)18-10-8-12(9-11-18)17-21-15(4,5)16(6,7)22-17;2*1-11-9-13(10-18-14(11)17)12-5-7-19(8-6-12)15(20)21-16(2,3)4;1-9-7-11(8-14-12(9)13)10-3-5-15(2)6-4-10;1-5-3-6(2)7(8)9-4-5/h8H,9-11H2,1-7H3;9-10,12H,5-8H2,1-4H3,(H2,17,18);5,9-10H,6-8H2,1-4H3,(H2,17,18);7-8,10H,3-6H2,1-2H3,(H2,13,14);3-4H,1-2H3,(H2,8,9). The molecule has 3 fully saturated rings. The largest absolute Gasteiger partial charge is 0.490 e. The summed E-state index contributed by atoms with van der Waals surface area (Å²) in [7, 11) is 1.87. The number of carbonyl (C=O) groups excluding carboxylic acids is 3. The molecule has 0 bridgehead atoms. The van der Waals surface area contributed by atoms with E-state index in [1.54, 1.807) is 27.1 Å². The van der Waals surface area contributed by atoms with E-state index in [0.29, 0.717) is 61.3 Å². The first kappa shape index (κ1) is 71.8. The van der Waals surface area contributed by atoms with Crippen LogP contribution in [-0.2, 0) is 23.5 Å². The Morgan fingerprint density at radius 1 is 0.511 bits per heavy atom. The zero-order valence-electron chi connectivity index (χ0n) is 56.6. The molecular weight excluding hydrogens is 1110 g/mol. The van der Waals surface area contributed by atoms with Crippen LogP contribution in [0.2, 0.25) is 0 Å². The summed E-state index contributed by atoms with van der Waals surface area (Å²) in [5, 5.41) is 0. The number of aryl methyl sites for hydroxylation is 5. The quantitative estimate of drug-likeness (QED) is 0.109. The van der Waals surface area contributed by atoms with Crippen LogP contribution in [0.3, 0.4) is 0 Å². The van der Waals surface area contributed by atoms with Crippen LogP contribution in [0.4, 0.5) is 37.7 Å². The third-order valence-corrected chi connectivity index (χ3v) is 16.1. The average molecular weight is 1220 g/mol. The van der Waals surface area contributed by atoms with Gasteiger partial charge in [0.25, 0.3) is 0 Å². The Kier molecular flexibility index (Phi) is 24.9. The molecule has 8 N–H and O–H groups in total. The zero-order chi connectivity index (χ0) is 65.7. The molecule has 5 aliphatic rings. The fraction of sp³-hybridized carbons (Fsp3) is 0.597. The van der Waals surface area contributed by atoms with E-state index >= 15 is 0 Å². The Labute approximate surface area is 526 Å². The van der Waals surface area contributed by atoms with Crippen LogP contribution >= 0.6 is 0 Å². The van der Waals surface area contributed by atoms with Crippen LogP contribution in [0.15, 0.2) is 66.7 Å². The molecule has 3 amide bonds. The van der Waals surface area contributed by atoms with Gasteiger partial charge in [0.15, 0.2) is 0 Å². The number of rotatable bonds is 4. The molecule has 20 nitrogen and oxygen atoms in total. The number of pyridine rings is 4. The molecule has 88 heavy (non-hydrogen) atoms. The van der Waals surface area contributed by atoms with Crippen molar-refractivity contribution < 1.29 is 37.9 Å². The summed E-state index contributed by atoms with van der Waals surface area (Å²) < 4.78 is 28.3. The molecule has 0 atom stereocenters. The van der Waals surface area contributed by atoms with Gasteiger partial charge in [0, 0.05) is 64.1 Å². The molecular formula is C67H105BN12O8. The lowest BCUT2D eigenvalue weighted by atomic mass is 9.75. The second kappa shape index (κ2) is 30.5. The highest BCUT2D eigenvalue weighted by molar-refractivity contribution is 6.54. The Balaban J connectivity index is 0.000000205. The van der Waals surface area contributed by atoms with Crippen molar-refractivity contribution in [3.8, 4) is 0 Å². The minimum absolute atomic E-state index is 0.215. The van der Waals surface area contributed by atoms with Crippen LogP contribution in [0.1, 0.15) is 185 Å². The Bertz CT molecular complexity index is 3040. The number of hydrogen-bond donors (Lipinski definition) is 4. The lowest BCUT2D eigenvalue weighted by Crippen LogP contribution is -2.41. The number of carbonyl (C=O) groups is 3. The van der Waals surface area contributed by atoms with Crippen molar-refractivity contribution in [1.29, 1.82) is 0 Å². The number of anilines is 4. The summed E-state index contributed by atoms with van der Waals surface area (Å²) in [6.07, 6.45) is 16.6. The predicted molar refractivity (Wildman–Crippen MR) is 355 cm³/mol. The molecule has 21 heteroatoms. The van der Waals surface area contributed by atoms with Crippen molar-refractivity contribution in [1.82, 2.24) is 39.5 Å². The van der Waals surface area contributed by atoms with E-state index in [1.807, 2.05) is 155 Å². The molecule has 484 valence electrons. The van der Waals surface area contributed by atoms with Gasteiger partial charge < -0.3 is 66.1 Å². The number of likely N-dealkylation sites (tertiary alicyclic amines) is 2. The number of nitrogen functional groups attached to an aromatic ring is 4. The van der Waals surface area contributed by atoms with Gasteiger partial charge >= 0.3 is 25.4 Å². The summed E-state index contributed by atoms with van der Waals surface area (Å²) in [6.45, 7) is 41.2. The first-order chi connectivity index (χ1) is 40.8. The smallest absolute Gasteiger partial charge is 0.444 e. The SMILES string of the molecule is CC(C)(C)OC(=O)N1CC=C(B2OC(C)(C)C(C)(C)O2)CC1.Cc1cc(C2=CCN(C(=O)OC(C)(C)C)CC2)cnc1N.Cc1cc(C2CCN(C(=O)OC(C)(C)C)CC2)cnc1N.Cc1cc(C2CCN(C)CC2)cnc1N.Cc1cnc(N)c(C)c1. The van der Waals surface area contributed by atoms with E-state index in [1.165, 1.54) is 42.6 Å². The van der Waals surface area contributed by atoms with E-state index in [-0.39, 0.29) is 36.6 Å². The second-order valence-corrected chi connectivity index (χ2v) is 27.9. The minimum atomic E-state index is -0.465. The number of nitrogens with two attached hydrogens (primary N) is 4. The Morgan fingerprint density at radius 3 is 1.25 bits per heavy atom. The molecule has 4 aromatic heterocycles. The zero-order valence-corrected chi connectivity index (χ0v) is 56.6. The van der Waals surface area contributed by atoms with Gasteiger partial charge in [0.2, 0.25) is 0 Å². The van der Waals surface area contributed by atoms with Crippen LogP contribution in [-0.4, -0.2) is 152 Å². The maximum absolute atomic E-state index is 12.1. The van der Waals surface area contributed by atoms with Gasteiger partial charge in [-0.1, -0.05) is 30.4 Å². The first-order valence-electron chi connectivity index (χ1n) is 31.0. The normalized spacial score (nSPS) is 18.1. The number of amides is 3. The van der Waals surface area contributed by atoms with Gasteiger partial charge in [-0.15, -0.1) is 0 Å². The van der Waals surface area contributed by atoms with E-state index < -0.39 is 16.8 Å². The van der Waals surface area contributed by atoms with E-state index in [9.17, 15) is 14.4 Å². The molecule has 0 radical (unpaired) electrons. The highest BCUT2D eigenvalue weighted by Gasteiger charge is 2.52. The van der Waals surface area contributed by atoms with Crippen molar-refractivity contribution >= 4 is 54.2 Å². The summed E-state index contributed by atoms with van der Waals surface area (Å²) >= 11 is 0. The predicted octanol–water partition coefficient (Wildman–Crippen LogP) is 12.3. The molecule has 9 heterocycles. The van der Waals surface area contributed by atoms with Crippen molar-refractivity contribution in [2.45, 2.75) is 203 Å². The van der Waals surface area contributed by atoms with E-state index in [4.69, 9.17) is 46.5 Å². The van der Waals surface area contributed by atoms with Crippen LogP contribution in [0.5, 0.6) is 0 Å². The fourth-order valence-electron chi connectivity index (χ4n) is 10.0. The van der Waals surface area contributed by atoms with Gasteiger partial charge in [-0.3, -0.25) is 0 Å². The Morgan fingerprint density at radius 2 is 0.886 bits per heavy atom. The van der Waals surface area contributed by atoms with Gasteiger partial charge in [-0.2, -0.15) is 0 Å². The van der Waals surface area contributed by atoms with Gasteiger partial charge in [0.1, 0.15) is 40.1 Å². The Hall–Kier alpha value is -6.97. The third-order valence-electron chi connectivity index (χ3n) is 16.1. The lowest BCUT2D eigenvalue weighted by Gasteiger charge is -2.33. The first-order valence-corrected chi connectivity index (χ1v) is 31.0. The molecule has 0 aliphatic carbocycles. The maximum Gasteiger partial charge on any atom is 0.490 e. The van der Waals surface area contributed by atoms with Crippen molar-refractivity contribution in [3.05, 3.63) is 111 Å². The number of ether oxygens (including phenoxy) is 3. The highest BCUT2D eigenvalue weighted by atomic mass is 16.7. The van der Waals surface area contributed by atoms with Crippen LogP contribution in [0.25, 0.3) is 5.57 Å². The third kappa shape index (κ3) is 22.3. The van der Waals surface area contributed by atoms with Crippen LogP contribution in [0, 0.1) is 34.6 Å². The maximum atomic E-state index is 12.1. The molecule has 4 aromatic rings. The van der Waals surface area contributed by atoms with Crippen LogP contribution < -0.4 is 22.9 Å². The number of nitrogens with zero attached hydrogens (tertiary/aromatic N) is 8. The average Bonchev–Trinajstić information content (AvgIpc) is 1.72. The number of hydrogen-bond acceptors (Lipinski definition) is 17. The molecule has 3 saturated heterocycles. The van der Waals surface area contributed by atoms with Gasteiger partial charge in [-0.05, 0) is 257 Å². The summed E-state index contributed by atoms with van der Waals surface area (Å²) in [4.78, 5) is 60.3. The molecule has 0 unspecified atom stereocenters. The molecule has 5 aliphatic heterocycles. The van der Waals surface area contributed by atoms with E-state index in [0.717, 1.165) is 77.6 Å². The number of aromatic nitrogens is 4.